The molecule has 3 aromatic heterocycles. The second kappa shape index (κ2) is 9.30. The lowest BCUT2D eigenvalue weighted by Gasteiger charge is -2.47. The van der Waals surface area contributed by atoms with Gasteiger partial charge in [0.2, 0.25) is 0 Å². The lowest BCUT2D eigenvalue weighted by atomic mass is 9.99. The summed E-state index contributed by atoms with van der Waals surface area (Å²) in [5.74, 6) is 0. The van der Waals surface area contributed by atoms with Crippen LogP contribution in [0.5, 0.6) is 0 Å². The van der Waals surface area contributed by atoms with Crippen molar-refractivity contribution in [3.8, 4) is 12.1 Å². The molecule has 1 saturated heterocycles. The number of piperazine rings is 1. The Morgan fingerprint density at radius 3 is 2.65 bits per heavy atom. The van der Waals surface area contributed by atoms with Crippen molar-refractivity contribution in [3.05, 3.63) is 63.5 Å². The number of nitriles is 2. The Bertz CT molecular complexity index is 1660. The van der Waals surface area contributed by atoms with E-state index in [-0.39, 0.29) is 35.7 Å². The molecule has 1 aromatic carbocycles. The lowest BCUT2D eigenvalue weighted by Crippen LogP contribution is -2.57. The number of nitrogens with zero attached hydrogens (tertiary/aromatic N) is 9. The van der Waals surface area contributed by atoms with E-state index < -0.39 is 0 Å². The largest absolute Gasteiger partial charge is 0.362 e. The van der Waals surface area contributed by atoms with Gasteiger partial charge >= 0.3 is 0 Å². The highest BCUT2D eigenvalue weighted by molar-refractivity contribution is 5.76. The SMILES string of the molecule is Cc1cnc2ccc(C(C)N3C[C@H](C)N(c4c(C#N)c(=O)n(C)n5cc(CC#N)nc45)C[C@H]3C)cc2n1. The van der Waals surface area contributed by atoms with Crippen molar-refractivity contribution in [2.75, 3.05) is 18.0 Å². The zero-order valence-corrected chi connectivity index (χ0v) is 21.7. The van der Waals surface area contributed by atoms with Crippen molar-refractivity contribution in [1.82, 2.24) is 29.0 Å². The van der Waals surface area contributed by atoms with Crippen LogP contribution in [0.3, 0.4) is 0 Å². The van der Waals surface area contributed by atoms with E-state index in [0.29, 0.717) is 23.6 Å². The van der Waals surface area contributed by atoms with E-state index >= 15 is 0 Å². The molecule has 1 unspecified atom stereocenters. The van der Waals surface area contributed by atoms with Crippen LogP contribution in [0.2, 0.25) is 0 Å². The summed E-state index contributed by atoms with van der Waals surface area (Å²) in [6.07, 6.45) is 3.60. The second-order valence-electron chi connectivity index (χ2n) is 9.88. The predicted octanol–water partition coefficient (Wildman–Crippen LogP) is 2.88. The average Bonchev–Trinajstić information content (AvgIpc) is 3.30. The van der Waals surface area contributed by atoms with Crippen LogP contribution in [-0.2, 0) is 13.5 Å². The maximum atomic E-state index is 13.1. The van der Waals surface area contributed by atoms with E-state index in [4.69, 9.17) is 5.26 Å². The molecule has 0 radical (unpaired) electrons. The molecule has 1 aliphatic heterocycles. The Balaban J connectivity index is 1.51. The molecule has 1 aliphatic rings. The van der Waals surface area contributed by atoms with Gasteiger partial charge in [-0.05, 0) is 45.4 Å². The molecule has 0 amide bonds. The number of hydrogen-bond donors (Lipinski definition) is 0. The van der Waals surface area contributed by atoms with Crippen LogP contribution in [-0.4, -0.2) is 54.2 Å². The average molecular weight is 496 g/mol. The van der Waals surface area contributed by atoms with Crippen LogP contribution in [0.1, 0.15) is 49.3 Å². The molecule has 5 rings (SSSR count). The number of rotatable bonds is 4. The highest BCUT2D eigenvalue weighted by atomic mass is 16.1. The fourth-order valence-electron chi connectivity index (χ4n) is 5.40. The summed E-state index contributed by atoms with van der Waals surface area (Å²) >= 11 is 0. The van der Waals surface area contributed by atoms with Gasteiger partial charge in [0.25, 0.3) is 5.56 Å². The van der Waals surface area contributed by atoms with E-state index in [1.165, 1.54) is 10.2 Å². The third kappa shape index (κ3) is 4.09. The molecular weight excluding hydrogens is 466 g/mol. The molecule has 4 aromatic rings. The molecule has 0 aliphatic carbocycles. The van der Waals surface area contributed by atoms with Gasteiger partial charge in [-0.15, -0.1) is 0 Å². The first-order valence-corrected chi connectivity index (χ1v) is 12.4. The van der Waals surface area contributed by atoms with Crippen molar-refractivity contribution in [2.45, 2.75) is 52.2 Å². The number of benzene rings is 1. The highest BCUT2D eigenvalue weighted by Gasteiger charge is 2.35. The minimum atomic E-state index is -0.380. The number of aryl methyl sites for hydroxylation is 2. The summed E-state index contributed by atoms with van der Waals surface area (Å²) in [6, 6.07) is 10.8. The van der Waals surface area contributed by atoms with Crippen LogP contribution >= 0.6 is 0 Å². The van der Waals surface area contributed by atoms with E-state index in [1.807, 2.05) is 13.0 Å². The zero-order valence-electron chi connectivity index (χ0n) is 21.7. The number of anilines is 1. The van der Waals surface area contributed by atoms with Crippen molar-refractivity contribution in [3.63, 3.8) is 0 Å². The summed E-state index contributed by atoms with van der Waals surface area (Å²) in [6.45, 7) is 9.77. The third-order valence-corrected chi connectivity index (χ3v) is 7.38. The monoisotopic (exact) mass is 495 g/mol. The Morgan fingerprint density at radius 2 is 1.92 bits per heavy atom. The fraction of sp³-hybridized carbons (Fsp3) is 0.407. The molecule has 4 heterocycles. The summed E-state index contributed by atoms with van der Waals surface area (Å²) in [4.78, 5) is 31.4. The van der Waals surface area contributed by atoms with Crippen molar-refractivity contribution in [1.29, 1.82) is 10.5 Å². The van der Waals surface area contributed by atoms with Gasteiger partial charge in [-0.1, -0.05) is 6.07 Å². The van der Waals surface area contributed by atoms with E-state index in [2.05, 4.69) is 69.8 Å². The van der Waals surface area contributed by atoms with Crippen molar-refractivity contribution < 1.29 is 0 Å². The zero-order chi connectivity index (χ0) is 26.4. The quantitative estimate of drug-likeness (QED) is 0.424. The maximum Gasteiger partial charge on any atom is 0.285 e. The molecule has 0 bridgehead atoms. The number of hydrogen-bond acceptors (Lipinski definition) is 8. The fourth-order valence-corrected chi connectivity index (χ4v) is 5.40. The summed E-state index contributed by atoms with van der Waals surface area (Å²) in [7, 11) is 1.61. The van der Waals surface area contributed by atoms with Gasteiger partial charge in [0.05, 0.1) is 41.1 Å². The minimum Gasteiger partial charge on any atom is -0.362 e. The van der Waals surface area contributed by atoms with E-state index in [1.54, 1.807) is 24.0 Å². The van der Waals surface area contributed by atoms with Gasteiger partial charge in [-0.2, -0.15) is 10.5 Å². The topological polar surface area (TPSA) is 119 Å². The van der Waals surface area contributed by atoms with Crippen LogP contribution in [0.4, 0.5) is 5.69 Å². The van der Waals surface area contributed by atoms with Gasteiger partial charge < -0.3 is 4.90 Å². The second-order valence-corrected chi connectivity index (χ2v) is 9.88. The normalized spacial score (nSPS) is 19.2. The number of imidazole rings is 1. The van der Waals surface area contributed by atoms with Gasteiger partial charge in [0.1, 0.15) is 17.3 Å². The van der Waals surface area contributed by atoms with Crippen LogP contribution < -0.4 is 10.5 Å². The van der Waals surface area contributed by atoms with E-state index in [9.17, 15) is 10.1 Å². The smallest absolute Gasteiger partial charge is 0.285 e. The molecule has 10 heteroatoms. The molecule has 0 N–H and O–H groups in total. The van der Waals surface area contributed by atoms with Crippen LogP contribution in [0, 0.1) is 29.6 Å². The predicted molar refractivity (Wildman–Crippen MR) is 140 cm³/mol. The maximum absolute atomic E-state index is 13.1. The molecule has 10 nitrogen and oxygen atoms in total. The Labute approximate surface area is 215 Å². The van der Waals surface area contributed by atoms with Gasteiger partial charge in [-0.3, -0.25) is 14.7 Å². The lowest BCUT2D eigenvalue weighted by molar-refractivity contribution is 0.119. The summed E-state index contributed by atoms with van der Waals surface area (Å²) in [5, 5.41) is 19.1. The Hall–Kier alpha value is -4.28. The first kappa shape index (κ1) is 24.4. The summed E-state index contributed by atoms with van der Waals surface area (Å²) in [5.41, 5.74) is 5.14. The molecule has 37 heavy (non-hydrogen) atoms. The molecule has 3 atom stereocenters. The van der Waals surface area contributed by atoms with Gasteiger partial charge in [0, 0.05) is 44.5 Å². The van der Waals surface area contributed by atoms with Gasteiger partial charge in [-0.25, -0.2) is 19.2 Å². The molecule has 0 saturated carbocycles. The minimum absolute atomic E-state index is 0.0141. The standard InChI is InChI=1S/C27H29N9O/c1-16-12-30-23-7-6-20(10-24(23)31-16)19(4)34-13-18(3)35(14-17(34)2)25-22(11-29)27(37)33(5)36-15-21(8-9-28)32-26(25)36/h6-7,10,12,15,17-19H,8,13-14H2,1-5H3/t17-,18+,19?/m1/s1. The molecule has 0 spiro atoms. The third-order valence-electron chi connectivity index (χ3n) is 7.38. The first-order valence-electron chi connectivity index (χ1n) is 12.4. The Morgan fingerprint density at radius 1 is 1.14 bits per heavy atom. The highest BCUT2D eigenvalue weighted by Crippen LogP contribution is 2.33. The van der Waals surface area contributed by atoms with E-state index in [0.717, 1.165) is 23.3 Å². The van der Waals surface area contributed by atoms with Crippen LogP contribution in [0.15, 0.2) is 35.4 Å². The first-order chi connectivity index (χ1) is 17.7. The van der Waals surface area contributed by atoms with Crippen LogP contribution in [0.25, 0.3) is 16.7 Å². The van der Waals surface area contributed by atoms with Gasteiger partial charge in [0.15, 0.2) is 5.65 Å². The van der Waals surface area contributed by atoms with Crippen molar-refractivity contribution >= 4 is 22.4 Å². The molecular formula is C27H29N9O. The molecule has 188 valence electrons. The number of fused-ring (bicyclic) bond motifs is 2. The Kier molecular flexibility index (Phi) is 6.14. The van der Waals surface area contributed by atoms with Crippen molar-refractivity contribution in [2.24, 2.45) is 7.05 Å². The molecule has 1 fully saturated rings. The number of aromatic nitrogens is 5. The summed E-state index contributed by atoms with van der Waals surface area (Å²) < 4.78 is 3.03.